The van der Waals surface area contributed by atoms with E-state index in [-0.39, 0.29) is 11.5 Å². The van der Waals surface area contributed by atoms with E-state index in [1.54, 1.807) is 12.1 Å². The van der Waals surface area contributed by atoms with E-state index in [0.717, 1.165) is 28.1 Å². The molecule has 1 aliphatic heterocycles. The number of benzene rings is 1. The molecule has 0 aromatic heterocycles. The van der Waals surface area contributed by atoms with Gasteiger partial charge < -0.3 is 15.5 Å². The summed E-state index contributed by atoms with van der Waals surface area (Å²) in [6.07, 6.45) is 0.673. The summed E-state index contributed by atoms with van der Waals surface area (Å²) >= 11 is 2.14. The van der Waals surface area contributed by atoms with Crippen molar-refractivity contribution in [2.75, 3.05) is 13.1 Å². The maximum absolute atomic E-state index is 9.38. The van der Waals surface area contributed by atoms with Crippen molar-refractivity contribution in [3.8, 4) is 11.5 Å². The van der Waals surface area contributed by atoms with E-state index >= 15 is 0 Å². The maximum atomic E-state index is 9.38. The second kappa shape index (κ2) is 4.26. The van der Waals surface area contributed by atoms with Crippen LogP contribution >= 0.6 is 22.6 Å². The van der Waals surface area contributed by atoms with Crippen molar-refractivity contribution in [1.29, 1.82) is 0 Å². The van der Waals surface area contributed by atoms with Crippen molar-refractivity contribution in [3.05, 3.63) is 21.3 Å². The van der Waals surface area contributed by atoms with Crippen LogP contribution in [0.1, 0.15) is 5.56 Å². The van der Waals surface area contributed by atoms with Crippen LogP contribution in [0, 0.1) is 3.57 Å². The Balaban J connectivity index is 2.24. The topological polar surface area (TPSA) is 64.9 Å². The third-order valence-electron chi connectivity index (χ3n) is 2.25. The molecule has 0 saturated carbocycles. The fraction of sp³-hybridized carbons (Fsp3) is 0.300. The molecule has 0 radical (unpaired) electrons. The van der Waals surface area contributed by atoms with Crippen LogP contribution in [0.3, 0.4) is 0 Å². The van der Waals surface area contributed by atoms with Gasteiger partial charge in [0, 0.05) is 16.5 Å². The molecule has 0 unspecified atom stereocenters. The van der Waals surface area contributed by atoms with Gasteiger partial charge in [0.25, 0.3) is 0 Å². The zero-order chi connectivity index (χ0) is 10.8. The molecule has 0 atom stereocenters. The third kappa shape index (κ3) is 2.34. The highest BCUT2D eigenvalue weighted by Crippen LogP contribution is 2.29. The molecule has 1 aromatic carbocycles. The smallest absolute Gasteiger partial charge is 0.158 e. The summed E-state index contributed by atoms with van der Waals surface area (Å²) in [6.45, 7) is 1.70. The van der Waals surface area contributed by atoms with E-state index in [1.807, 2.05) is 0 Å². The van der Waals surface area contributed by atoms with Gasteiger partial charge in [-0.1, -0.05) is 0 Å². The summed E-state index contributed by atoms with van der Waals surface area (Å²) in [5, 5.41) is 21.8. The minimum absolute atomic E-state index is 0.0792. The number of rotatable bonds is 2. The summed E-state index contributed by atoms with van der Waals surface area (Å²) in [5.74, 6) is 0.784. The van der Waals surface area contributed by atoms with Gasteiger partial charge in [-0.05, 0) is 40.3 Å². The number of hydrogen-bond donors (Lipinski definition) is 3. The highest BCUT2D eigenvalue weighted by molar-refractivity contribution is 14.1. The second-order valence-electron chi connectivity index (χ2n) is 3.36. The molecule has 0 spiro atoms. The summed E-state index contributed by atoms with van der Waals surface area (Å²) in [7, 11) is 0. The lowest BCUT2D eigenvalue weighted by Gasteiger charge is -2.07. The third-order valence-corrected chi connectivity index (χ3v) is 3.25. The zero-order valence-electron chi connectivity index (χ0n) is 8.00. The van der Waals surface area contributed by atoms with Crippen molar-refractivity contribution in [2.45, 2.75) is 6.42 Å². The van der Waals surface area contributed by atoms with Gasteiger partial charge in [0.1, 0.15) is 5.84 Å². The average molecular weight is 318 g/mol. The molecule has 5 heteroatoms. The van der Waals surface area contributed by atoms with Crippen molar-refractivity contribution >= 4 is 28.4 Å². The van der Waals surface area contributed by atoms with Gasteiger partial charge in [0.05, 0.1) is 6.54 Å². The van der Waals surface area contributed by atoms with E-state index in [0.29, 0.717) is 6.42 Å². The molecule has 1 heterocycles. The molecule has 80 valence electrons. The number of amidine groups is 1. The predicted molar refractivity (Wildman–Crippen MR) is 66.5 cm³/mol. The van der Waals surface area contributed by atoms with E-state index in [9.17, 15) is 10.2 Å². The molecule has 1 aliphatic rings. The Morgan fingerprint density at radius 1 is 1.33 bits per heavy atom. The van der Waals surface area contributed by atoms with Gasteiger partial charge in [-0.25, -0.2) is 0 Å². The van der Waals surface area contributed by atoms with Crippen molar-refractivity contribution in [3.63, 3.8) is 0 Å². The Morgan fingerprint density at radius 3 is 2.73 bits per heavy atom. The maximum Gasteiger partial charge on any atom is 0.158 e. The number of aromatic hydroxyl groups is 2. The highest BCUT2D eigenvalue weighted by atomic mass is 127. The van der Waals surface area contributed by atoms with Gasteiger partial charge >= 0.3 is 0 Å². The molecular formula is C10H11IN2O2. The number of hydrogen-bond acceptors (Lipinski definition) is 4. The number of halogens is 1. The molecule has 1 aromatic rings. The number of nitrogens with zero attached hydrogens (tertiary/aromatic N) is 1. The summed E-state index contributed by atoms with van der Waals surface area (Å²) in [6, 6.07) is 3.14. The molecule has 3 N–H and O–H groups in total. The van der Waals surface area contributed by atoms with Gasteiger partial charge in [-0.2, -0.15) is 0 Å². The van der Waals surface area contributed by atoms with Crippen LogP contribution in [-0.2, 0) is 6.42 Å². The SMILES string of the molecule is Oc1cc(I)c(CC2=NCCN2)cc1O. The number of phenolic OH excluding ortho intramolecular Hbond substituents is 2. The van der Waals surface area contributed by atoms with E-state index in [2.05, 4.69) is 32.9 Å². The fourth-order valence-electron chi connectivity index (χ4n) is 1.48. The normalized spacial score (nSPS) is 14.9. The standard InChI is InChI=1S/C10H11IN2O2/c11-7-5-9(15)8(14)3-6(7)4-10-12-1-2-13-10/h3,5,14-15H,1-2,4H2,(H,12,13). The molecule has 0 aliphatic carbocycles. The van der Waals surface area contributed by atoms with Gasteiger partial charge in [0.15, 0.2) is 11.5 Å². The Labute approximate surface area is 101 Å². The van der Waals surface area contributed by atoms with Crippen LogP contribution < -0.4 is 5.32 Å². The first-order chi connectivity index (χ1) is 7.16. The van der Waals surface area contributed by atoms with Crippen LogP contribution in [0.2, 0.25) is 0 Å². The number of aliphatic imine (C=N–C) groups is 1. The summed E-state index contributed by atoms with van der Waals surface area (Å²) in [4.78, 5) is 4.28. The lowest BCUT2D eigenvalue weighted by atomic mass is 10.1. The lowest BCUT2D eigenvalue weighted by molar-refractivity contribution is 0.403. The van der Waals surface area contributed by atoms with Gasteiger partial charge in [-0.15, -0.1) is 0 Å². The molecule has 4 nitrogen and oxygen atoms in total. The van der Waals surface area contributed by atoms with Crippen molar-refractivity contribution in [1.82, 2.24) is 5.32 Å². The first-order valence-electron chi connectivity index (χ1n) is 4.64. The number of phenols is 2. The molecule has 0 amide bonds. The fourth-order valence-corrected chi connectivity index (χ4v) is 2.12. The zero-order valence-corrected chi connectivity index (χ0v) is 10.2. The Hall–Kier alpha value is -0.980. The monoisotopic (exact) mass is 318 g/mol. The van der Waals surface area contributed by atoms with Crippen LogP contribution in [0.4, 0.5) is 0 Å². The number of nitrogens with one attached hydrogen (secondary N) is 1. The van der Waals surface area contributed by atoms with E-state index in [4.69, 9.17) is 0 Å². The quantitative estimate of drug-likeness (QED) is 0.568. The van der Waals surface area contributed by atoms with E-state index < -0.39 is 0 Å². The van der Waals surface area contributed by atoms with Crippen LogP contribution in [0.5, 0.6) is 11.5 Å². The molecule has 0 saturated heterocycles. The minimum atomic E-state index is -0.0796. The highest BCUT2D eigenvalue weighted by Gasteiger charge is 2.11. The Bertz CT molecular complexity index is 418. The molecule has 0 fully saturated rings. The molecule has 15 heavy (non-hydrogen) atoms. The largest absolute Gasteiger partial charge is 0.504 e. The van der Waals surface area contributed by atoms with Gasteiger partial charge in [0.2, 0.25) is 0 Å². The second-order valence-corrected chi connectivity index (χ2v) is 4.53. The van der Waals surface area contributed by atoms with Crippen LogP contribution in [0.15, 0.2) is 17.1 Å². The summed E-state index contributed by atoms with van der Waals surface area (Å²) < 4.78 is 0.930. The minimum Gasteiger partial charge on any atom is -0.504 e. The molecular weight excluding hydrogens is 307 g/mol. The van der Waals surface area contributed by atoms with Crippen molar-refractivity contribution in [2.24, 2.45) is 4.99 Å². The van der Waals surface area contributed by atoms with Crippen LogP contribution in [-0.4, -0.2) is 29.1 Å². The Kier molecular flexibility index (Phi) is 2.99. The summed E-state index contributed by atoms with van der Waals surface area (Å²) in [5.41, 5.74) is 0.971. The van der Waals surface area contributed by atoms with Gasteiger partial charge in [-0.3, -0.25) is 4.99 Å². The first kappa shape index (κ1) is 10.5. The molecule has 0 bridgehead atoms. The Morgan fingerprint density at radius 2 is 2.07 bits per heavy atom. The lowest BCUT2D eigenvalue weighted by Crippen LogP contribution is -2.20. The molecule has 2 rings (SSSR count). The average Bonchev–Trinajstić information content (AvgIpc) is 2.67. The van der Waals surface area contributed by atoms with E-state index in [1.165, 1.54) is 0 Å². The first-order valence-corrected chi connectivity index (χ1v) is 5.72. The van der Waals surface area contributed by atoms with Crippen LogP contribution in [0.25, 0.3) is 0 Å². The van der Waals surface area contributed by atoms with Crippen molar-refractivity contribution < 1.29 is 10.2 Å². The predicted octanol–water partition coefficient (Wildman–Crippen LogP) is 1.25.